The van der Waals surface area contributed by atoms with Gasteiger partial charge < -0.3 is 20.4 Å². The minimum absolute atomic E-state index is 0.116. The van der Waals surface area contributed by atoms with E-state index in [0.29, 0.717) is 0 Å². The second-order valence-corrected chi connectivity index (χ2v) is 6.64. The van der Waals surface area contributed by atoms with Crippen molar-refractivity contribution in [1.82, 2.24) is 4.98 Å². The number of nitrogens with zero attached hydrogens (tertiary/aromatic N) is 2. The number of hydrogen-bond donors (Lipinski definition) is 2. The standard InChI is InChI=1S/C20H26N4O/c1-15(2)25-18-7-6-16(14-21)19(13-18)23-17-8-9-22-20(12-17)24-10-4-3-5-11-24/h6-9,12-15,21H,3-5,10-11H2,1-2H3,(H,22,23). The SMILES string of the molecule is CC(C)Oc1ccc(C=N)c(Nc2ccnc(N3CCCCC3)c2)c1. The molecule has 0 radical (unpaired) electrons. The number of hydrogen-bond acceptors (Lipinski definition) is 5. The van der Waals surface area contributed by atoms with Crippen LogP contribution in [-0.4, -0.2) is 30.4 Å². The maximum atomic E-state index is 7.64. The minimum Gasteiger partial charge on any atom is -0.491 e. The lowest BCUT2D eigenvalue weighted by Gasteiger charge is -2.28. The second-order valence-electron chi connectivity index (χ2n) is 6.64. The molecule has 1 aromatic carbocycles. The van der Waals surface area contributed by atoms with Gasteiger partial charge in [0.2, 0.25) is 0 Å². The van der Waals surface area contributed by atoms with Crippen LogP contribution in [0.25, 0.3) is 0 Å². The van der Waals surface area contributed by atoms with Gasteiger partial charge in [0.25, 0.3) is 0 Å². The molecule has 132 valence electrons. The average molecular weight is 338 g/mol. The first-order valence-electron chi connectivity index (χ1n) is 8.95. The van der Waals surface area contributed by atoms with Gasteiger partial charge in [0.1, 0.15) is 11.6 Å². The Balaban J connectivity index is 1.82. The van der Waals surface area contributed by atoms with Crippen LogP contribution in [0.15, 0.2) is 36.5 Å². The first kappa shape index (κ1) is 17.3. The van der Waals surface area contributed by atoms with E-state index in [2.05, 4.69) is 21.3 Å². The molecule has 0 atom stereocenters. The number of nitrogens with one attached hydrogen (secondary N) is 2. The third-order valence-electron chi connectivity index (χ3n) is 4.26. The van der Waals surface area contributed by atoms with Gasteiger partial charge in [-0.3, -0.25) is 0 Å². The average Bonchev–Trinajstić information content (AvgIpc) is 2.62. The van der Waals surface area contributed by atoms with Crippen LogP contribution >= 0.6 is 0 Å². The van der Waals surface area contributed by atoms with Gasteiger partial charge >= 0.3 is 0 Å². The largest absolute Gasteiger partial charge is 0.491 e. The molecule has 1 fully saturated rings. The Labute approximate surface area is 149 Å². The van der Waals surface area contributed by atoms with E-state index in [-0.39, 0.29) is 6.10 Å². The number of pyridine rings is 1. The summed E-state index contributed by atoms with van der Waals surface area (Å²) in [5.74, 6) is 1.81. The molecule has 1 saturated heterocycles. The maximum absolute atomic E-state index is 7.64. The second kappa shape index (κ2) is 8.01. The molecule has 0 bridgehead atoms. The smallest absolute Gasteiger partial charge is 0.130 e. The zero-order valence-electron chi connectivity index (χ0n) is 15.0. The molecule has 5 nitrogen and oxygen atoms in total. The van der Waals surface area contributed by atoms with E-state index in [1.54, 1.807) is 0 Å². The summed E-state index contributed by atoms with van der Waals surface area (Å²) >= 11 is 0. The zero-order valence-corrected chi connectivity index (χ0v) is 15.0. The lowest BCUT2D eigenvalue weighted by atomic mass is 10.1. The first-order valence-corrected chi connectivity index (χ1v) is 8.95. The molecule has 0 spiro atoms. The van der Waals surface area contributed by atoms with E-state index in [1.165, 1.54) is 25.5 Å². The van der Waals surface area contributed by atoms with Crippen molar-refractivity contribution in [1.29, 1.82) is 5.41 Å². The Bertz CT molecular complexity index is 723. The molecular weight excluding hydrogens is 312 g/mol. The summed E-state index contributed by atoms with van der Waals surface area (Å²) in [6.45, 7) is 6.15. The van der Waals surface area contributed by atoms with Gasteiger partial charge in [0.15, 0.2) is 0 Å². The first-order chi connectivity index (χ1) is 12.2. The summed E-state index contributed by atoms with van der Waals surface area (Å²) in [7, 11) is 0. The predicted octanol–water partition coefficient (Wildman–Crippen LogP) is 4.60. The summed E-state index contributed by atoms with van der Waals surface area (Å²) in [5, 5.41) is 11.1. The van der Waals surface area contributed by atoms with E-state index in [0.717, 1.165) is 41.6 Å². The summed E-state index contributed by atoms with van der Waals surface area (Å²) < 4.78 is 5.78. The summed E-state index contributed by atoms with van der Waals surface area (Å²) in [6.07, 6.45) is 7.07. The van der Waals surface area contributed by atoms with Crippen LogP contribution in [0.1, 0.15) is 38.7 Å². The Morgan fingerprint density at radius 3 is 2.68 bits per heavy atom. The van der Waals surface area contributed by atoms with Gasteiger partial charge in [-0.25, -0.2) is 4.98 Å². The Morgan fingerprint density at radius 2 is 1.96 bits per heavy atom. The van der Waals surface area contributed by atoms with E-state index >= 15 is 0 Å². The third-order valence-corrected chi connectivity index (χ3v) is 4.26. The van der Waals surface area contributed by atoms with Crippen LogP contribution < -0.4 is 15.0 Å². The fraction of sp³-hybridized carbons (Fsp3) is 0.400. The van der Waals surface area contributed by atoms with Gasteiger partial charge in [-0.1, -0.05) is 0 Å². The summed E-state index contributed by atoms with van der Waals surface area (Å²) in [4.78, 5) is 6.86. The van der Waals surface area contributed by atoms with E-state index in [1.807, 2.05) is 44.3 Å². The number of aromatic nitrogens is 1. The summed E-state index contributed by atoms with van der Waals surface area (Å²) in [6, 6.07) is 9.78. The molecular formula is C20H26N4O. The molecule has 0 unspecified atom stereocenters. The highest BCUT2D eigenvalue weighted by molar-refractivity contribution is 5.88. The molecule has 2 N–H and O–H groups in total. The van der Waals surface area contributed by atoms with Crippen LogP contribution in [0.2, 0.25) is 0 Å². The number of anilines is 3. The van der Waals surface area contributed by atoms with Crippen molar-refractivity contribution in [3.63, 3.8) is 0 Å². The quantitative estimate of drug-likeness (QED) is 0.756. The minimum atomic E-state index is 0.116. The van der Waals surface area contributed by atoms with Crippen molar-refractivity contribution in [2.75, 3.05) is 23.3 Å². The molecule has 1 aliphatic heterocycles. The van der Waals surface area contributed by atoms with E-state index in [9.17, 15) is 0 Å². The number of ether oxygens (including phenoxy) is 1. The Kier molecular flexibility index (Phi) is 5.53. The highest BCUT2D eigenvalue weighted by Crippen LogP contribution is 2.27. The molecule has 2 aromatic rings. The van der Waals surface area contributed by atoms with Gasteiger partial charge in [-0.05, 0) is 51.3 Å². The van der Waals surface area contributed by atoms with Crippen LogP contribution in [0.4, 0.5) is 17.2 Å². The fourth-order valence-electron chi connectivity index (χ4n) is 3.06. The normalized spacial score (nSPS) is 14.4. The molecule has 2 heterocycles. The number of benzene rings is 1. The van der Waals surface area contributed by atoms with Crippen molar-refractivity contribution in [2.24, 2.45) is 0 Å². The Hall–Kier alpha value is -2.56. The summed E-state index contributed by atoms with van der Waals surface area (Å²) in [5.41, 5.74) is 2.66. The molecule has 5 heteroatoms. The van der Waals surface area contributed by atoms with Crippen LogP contribution in [0.3, 0.4) is 0 Å². The third kappa shape index (κ3) is 4.50. The monoisotopic (exact) mass is 338 g/mol. The van der Waals surface area contributed by atoms with E-state index in [4.69, 9.17) is 10.1 Å². The van der Waals surface area contributed by atoms with Crippen molar-refractivity contribution >= 4 is 23.4 Å². The molecule has 25 heavy (non-hydrogen) atoms. The molecule has 3 rings (SSSR count). The highest BCUT2D eigenvalue weighted by Gasteiger charge is 2.13. The lowest BCUT2D eigenvalue weighted by Crippen LogP contribution is -2.30. The van der Waals surface area contributed by atoms with Gasteiger partial charge in [-0.2, -0.15) is 0 Å². The molecule has 0 aliphatic carbocycles. The van der Waals surface area contributed by atoms with Gasteiger partial charge in [-0.15, -0.1) is 0 Å². The molecule has 0 saturated carbocycles. The lowest BCUT2D eigenvalue weighted by molar-refractivity contribution is 0.242. The van der Waals surface area contributed by atoms with Crippen molar-refractivity contribution in [3.05, 3.63) is 42.1 Å². The van der Waals surface area contributed by atoms with Crippen molar-refractivity contribution in [2.45, 2.75) is 39.2 Å². The highest BCUT2D eigenvalue weighted by atomic mass is 16.5. The fourth-order valence-corrected chi connectivity index (χ4v) is 3.06. The van der Waals surface area contributed by atoms with Crippen LogP contribution in [0.5, 0.6) is 5.75 Å². The van der Waals surface area contributed by atoms with Gasteiger partial charge in [0.05, 0.1) is 11.8 Å². The predicted molar refractivity (Wildman–Crippen MR) is 104 cm³/mol. The number of rotatable bonds is 6. The molecule has 0 amide bonds. The maximum Gasteiger partial charge on any atom is 0.130 e. The van der Waals surface area contributed by atoms with Crippen LogP contribution in [0, 0.1) is 5.41 Å². The molecule has 1 aromatic heterocycles. The van der Waals surface area contributed by atoms with Crippen molar-refractivity contribution in [3.8, 4) is 5.75 Å². The van der Waals surface area contributed by atoms with Crippen molar-refractivity contribution < 1.29 is 4.74 Å². The zero-order chi connectivity index (χ0) is 17.6. The molecule has 1 aliphatic rings. The van der Waals surface area contributed by atoms with Gasteiger partial charge in [0, 0.05) is 48.9 Å². The van der Waals surface area contributed by atoms with E-state index < -0.39 is 0 Å². The Morgan fingerprint density at radius 1 is 1.16 bits per heavy atom. The topological polar surface area (TPSA) is 61.2 Å². The van der Waals surface area contributed by atoms with Crippen LogP contribution in [-0.2, 0) is 0 Å². The number of piperidine rings is 1.